The zero-order chi connectivity index (χ0) is 13.6. The lowest BCUT2D eigenvalue weighted by molar-refractivity contribution is 0.603. The highest BCUT2D eigenvalue weighted by Gasteiger charge is 2.10. The largest absolute Gasteiger partial charge is 0.370 e. The van der Waals surface area contributed by atoms with E-state index in [0.29, 0.717) is 5.75 Å². The number of rotatable bonds is 7. The Bertz CT molecular complexity index is 489. The van der Waals surface area contributed by atoms with Crippen LogP contribution in [-0.2, 0) is 16.3 Å². The number of thioether (sulfide) groups is 1. The molecule has 1 N–H and O–H groups in total. The van der Waals surface area contributed by atoms with Crippen LogP contribution < -0.4 is 5.32 Å². The third-order valence-corrected chi connectivity index (χ3v) is 4.53. The summed E-state index contributed by atoms with van der Waals surface area (Å²) in [6.45, 7) is 4.86. The summed E-state index contributed by atoms with van der Waals surface area (Å²) in [6.07, 6.45) is 3.59. The van der Waals surface area contributed by atoms with Crippen molar-refractivity contribution in [3.05, 3.63) is 11.9 Å². The van der Waals surface area contributed by atoms with Crippen molar-refractivity contribution < 1.29 is 8.42 Å². The van der Waals surface area contributed by atoms with Crippen molar-refractivity contribution in [3.8, 4) is 0 Å². The first kappa shape index (κ1) is 15.2. The average Bonchev–Trinajstić information content (AvgIpc) is 2.28. The van der Waals surface area contributed by atoms with Crippen molar-refractivity contribution in [3.63, 3.8) is 0 Å². The number of anilines is 1. The van der Waals surface area contributed by atoms with E-state index in [4.69, 9.17) is 0 Å². The quantitative estimate of drug-likeness (QED) is 0.607. The average molecular weight is 289 g/mol. The van der Waals surface area contributed by atoms with E-state index < -0.39 is 9.84 Å². The van der Waals surface area contributed by atoms with Crippen molar-refractivity contribution in [1.29, 1.82) is 0 Å². The van der Waals surface area contributed by atoms with Gasteiger partial charge in [0.25, 0.3) is 0 Å². The normalized spacial score (nSPS) is 11.5. The minimum absolute atomic E-state index is 0.168. The van der Waals surface area contributed by atoms with E-state index in [1.165, 1.54) is 24.3 Å². The third kappa shape index (κ3) is 4.81. The van der Waals surface area contributed by atoms with E-state index in [2.05, 4.69) is 15.3 Å². The summed E-state index contributed by atoms with van der Waals surface area (Å²) >= 11 is 1.47. The van der Waals surface area contributed by atoms with Gasteiger partial charge in [0, 0.05) is 24.1 Å². The molecule has 0 fully saturated rings. The van der Waals surface area contributed by atoms with Crippen molar-refractivity contribution in [2.45, 2.75) is 25.3 Å². The standard InChI is InChI=1S/C11H19N3O2S2/c1-4-9-10(12-5-2)13-8-14-11(9)17-6-7-18(3,15)16/h8H,4-7H2,1-3H3,(H,12,13,14). The molecular formula is C11H19N3O2S2. The molecule has 1 heterocycles. The second kappa shape index (κ2) is 6.94. The fourth-order valence-electron chi connectivity index (χ4n) is 1.45. The first-order valence-electron chi connectivity index (χ1n) is 5.86. The molecular weight excluding hydrogens is 270 g/mol. The van der Waals surface area contributed by atoms with Gasteiger partial charge in [-0.15, -0.1) is 11.8 Å². The van der Waals surface area contributed by atoms with Crippen molar-refractivity contribution in [1.82, 2.24) is 9.97 Å². The summed E-state index contributed by atoms with van der Waals surface area (Å²) in [4.78, 5) is 8.43. The maximum atomic E-state index is 11.1. The molecule has 0 unspecified atom stereocenters. The highest BCUT2D eigenvalue weighted by atomic mass is 32.2. The van der Waals surface area contributed by atoms with E-state index in [1.807, 2.05) is 13.8 Å². The molecule has 0 amide bonds. The van der Waals surface area contributed by atoms with Crippen LogP contribution in [0.1, 0.15) is 19.4 Å². The number of hydrogen-bond acceptors (Lipinski definition) is 6. The predicted molar refractivity (Wildman–Crippen MR) is 76.0 cm³/mol. The summed E-state index contributed by atoms with van der Waals surface area (Å²) in [5, 5.41) is 4.06. The van der Waals surface area contributed by atoms with Crippen LogP contribution in [0.3, 0.4) is 0 Å². The van der Waals surface area contributed by atoms with Crippen LogP contribution in [0.25, 0.3) is 0 Å². The fourth-order valence-corrected chi connectivity index (χ4v) is 3.72. The molecule has 0 aromatic carbocycles. The maximum absolute atomic E-state index is 11.1. The summed E-state index contributed by atoms with van der Waals surface area (Å²) in [5.74, 6) is 1.53. The highest BCUT2D eigenvalue weighted by molar-refractivity contribution is 8.00. The zero-order valence-corrected chi connectivity index (χ0v) is 12.6. The predicted octanol–water partition coefficient (Wildman–Crippen LogP) is 1.61. The summed E-state index contributed by atoms with van der Waals surface area (Å²) in [5.41, 5.74) is 1.05. The van der Waals surface area contributed by atoms with Gasteiger partial charge < -0.3 is 5.32 Å². The molecule has 0 atom stereocenters. The molecule has 1 rings (SSSR count). The minimum atomic E-state index is -2.91. The van der Waals surface area contributed by atoms with E-state index in [0.717, 1.165) is 29.4 Å². The van der Waals surface area contributed by atoms with Gasteiger partial charge in [-0.2, -0.15) is 0 Å². The van der Waals surface area contributed by atoms with Crippen LogP contribution >= 0.6 is 11.8 Å². The molecule has 102 valence electrons. The van der Waals surface area contributed by atoms with Crippen molar-refractivity contribution in [2.75, 3.05) is 29.6 Å². The fraction of sp³-hybridized carbons (Fsp3) is 0.636. The Balaban J connectivity index is 2.78. The van der Waals surface area contributed by atoms with Gasteiger partial charge in [-0.25, -0.2) is 18.4 Å². The van der Waals surface area contributed by atoms with Crippen molar-refractivity contribution in [2.24, 2.45) is 0 Å². The van der Waals surface area contributed by atoms with Gasteiger partial charge >= 0.3 is 0 Å². The molecule has 0 aliphatic carbocycles. The Morgan fingerprint density at radius 1 is 1.33 bits per heavy atom. The Morgan fingerprint density at radius 2 is 2.06 bits per heavy atom. The smallest absolute Gasteiger partial charge is 0.148 e. The van der Waals surface area contributed by atoms with Crippen molar-refractivity contribution >= 4 is 27.4 Å². The maximum Gasteiger partial charge on any atom is 0.148 e. The van der Waals surface area contributed by atoms with Gasteiger partial charge in [-0.05, 0) is 13.3 Å². The summed E-state index contributed by atoms with van der Waals surface area (Å²) in [7, 11) is -2.91. The number of aromatic nitrogens is 2. The van der Waals surface area contributed by atoms with Gasteiger partial charge in [0.2, 0.25) is 0 Å². The first-order valence-corrected chi connectivity index (χ1v) is 8.90. The Morgan fingerprint density at radius 3 is 2.61 bits per heavy atom. The lowest BCUT2D eigenvalue weighted by Crippen LogP contribution is -2.08. The van der Waals surface area contributed by atoms with Gasteiger partial charge in [0.1, 0.15) is 27.0 Å². The molecule has 0 aliphatic heterocycles. The lowest BCUT2D eigenvalue weighted by atomic mass is 10.2. The molecule has 0 saturated carbocycles. The molecule has 0 saturated heterocycles. The highest BCUT2D eigenvalue weighted by Crippen LogP contribution is 2.25. The Kier molecular flexibility index (Phi) is 5.87. The van der Waals surface area contributed by atoms with E-state index in [9.17, 15) is 8.42 Å². The lowest BCUT2D eigenvalue weighted by Gasteiger charge is -2.11. The number of nitrogens with zero attached hydrogens (tertiary/aromatic N) is 2. The SMILES string of the molecule is CCNc1ncnc(SCCS(C)(=O)=O)c1CC. The molecule has 1 aromatic rings. The Labute approximate surface area is 113 Å². The minimum Gasteiger partial charge on any atom is -0.370 e. The van der Waals surface area contributed by atoms with Crippen LogP contribution in [0.4, 0.5) is 5.82 Å². The van der Waals surface area contributed by atoms with Gasteiger partial charge in [0.05, 0.1) is 5.75 Å². The van der Waals surface area contributed by atoms with E-state index >= 15 is 0 Å². The molecule has 0 spiro atoms. The second-order valence-electron chi connectivity index (χ2n) is 3.87. The molecule has 0 radical (unpaired) electrons. The van der Waals surface area contributed by atoms with Crippen LogP contribution in [0.5, 0.6) is 0 Å². The zero-order valence-electron chi connectivity index (χ0n) is 10.9. The molecule has 5 nitrogen and oxygen atoms in total. The van der Waals surface area contributed by atoms with Gasteiger partial charge in [-0.1, -0.05) is 6.92 Å². The summed E-state index contributed by atoms with van der Waals surface area (Å²) < 4.78 is 22.2. The monoisotopic (exact) mass is 289 g/mol. The Hall–Kier alpha value is -0.820. The first-order chi connectivity index (χ1) is 8.48. The second-order valence-corrected chi connectivity index (χ2v) is 7.21. The molecule has 7 heteroatoms. The molecule has 1 aromatic heterocycles. The number of nitrogens with one attached hydrogen (secondary N) is 1. The summed E-state index contributed by atoms with van der Waals surface area (Å²) in [6, 6.07) is 0. The van der Waals surface area contributed by atoms with Crippen LogP contribution in [0.2, 0.25) is 0 Å². The van der Waals surface area contributed by atoms with Gasteiger partial charge in [-0.3, -0.25) is 0 Å². The third-order valence-electron chi connectivity index (χ3n) is 2.30. The van der Waals surface area contributed by atoms with Crippen LogP contribution in [-0.4, -0.2) is 42.7 Å². The van der Waals surface area contributed by atoms with Gasteiger partial charge in [0.15, 0.2) is 0 Å². The van der Waals surface area contributed by atoms with Crippen LogP contribution in [0, 0.1) is 0 Å². The van der Waals surface area contributed by atoms with E-state index in [1.54, 1.807) is 0 Å². The number of sulfone groups is 1. The van der Waals surface area contributed by atoms with E-state index in [-0.39, 0.29) is 5.75 Å². The topological polar surface area (TPSA) is 72.0 Å². The number of hydrogen-bond donors (Lipinski definition) is 1. The molecule has 0 bridgehead atoms. The molecule has 18 heavy (non-hydrogen) atoms. The van der Waals surface area contributed by atoms with Crippen LogP contribution in [0.15, 0.2) is 11.4 Å². The molecule has 0 aliphatic rings.